The fourth-order valence-corrected chi connectivity index (χ4v) is 3.01. The van der Waals surface area contributed by atoms with Crippen molar-refractivity contribution < 1.29 is 14.7 Å². The normalized spacial score (nSPS) is 14.7. The standard InChI is InChI=1S/C15H15BO3/c1-15(2)12-8-4-3-6-10(12)11-7-5-9-13(14(11)15)19-16(17)18/h3-9,17-18H,1-2H3. The Kier molecular flexibility index (Phi) is 2.66. The highest BCUT2D eigenvalue weighted by molar-refractivity contribution is 6.33. The molecule has 0 spiro atoms. The molecule has 0 bridgehead atoms. The van der Waals surface area contributed by atoms with E-state index in [2.05, 4.69) is 26.0 Å². The molecule has 3 nitrogen and oxygen atoms in total. The molecule has 0 heterocycles. The van der Waals surface area contributed by atoms with Gasteiger partial charge in [-0.3, -0.25) is 0 Å². The number of benzene rings is 2. The molecule has 0 amide bonds. The van der Waals surface area contributed by atoms with Crippen molar-refractivity contribution in [2.75, 3.05) is 0 Å². The Bertz CT molecular complexity index is 635. The van der Waals surface area contributed by atoms with Gasteiger partial charge in [-0.05, 0) is 22.8 Å². The van der Waals surface area contributed by atoms with Crippen LogP contribution in [0.3, 0.4) is 0 Å². The van der Waals surface area contributed by atoms with Crippen LogP contribution in [0, 0.1) is 0 Å². The average molecular weight is 254 g/mol. The third kappa shape index (κ3) is 1.76. The van der Waals surface area contributed by atoms with E-state index in [1.54, 1.807) is 6.07 Å². The van der Waals surface area contributed by atoms with Crippen LogP contribution in [0.15, 0.2) is 42.5 Å². The third-order valence-corrected chi connectivity index (χ3v) is 3.77. The van der Waals surface area contributed by atoms with Gasteiger partial charge in [0.15, 0.2) is 0 Å². The van der Waals surface area contributed by atoms with Gasteiger partial charge in [-0.2, -0.15) is 0 Å². The molecule has 1 aliphatic carbocycles. The van der Waals surface area contributed by atoms with E-state index >= 15 is 0 Å². The van der Waals surface area contributed by atoms with Gasteiger partial charge in [0.1, 0.15) is 5.75 Å². The molecule has 3 rings (SSSR count). The van der Waals surface area contributed by atoms with E-state index < -0.39 is 7.32 Å². The van der Waals surface area contributed by atoms with E-state index in [9.17, 15) is 0 Å². The van der Waals surface area contributed by atoms with E-state index in [0.717, 1.165) is 11.1 Å². The van der Waals surface area contributed by atoms with Crippen LogP contribution < -0.4 is 4.65 Å². The monoisotopic (exact) mass is 254 g/mol. The molecule has 0 aromatic heterocycles. The molecule has 2 aromatic carbocycles. The fraction of sp³-hybridized carbons (Fsp3) is 0.200. The smallest absolute Gasteiger partial charge is 0.512 e. The first-order valence-electron chi connectivity index (χ1n) is 6.28. The molecule has 0 unspecified atom stereocenters. The van der Waals surface area contributed by atoms with Crippen LogP contribution in [-0.2, 0) is 5.41 Å². The molecule has 0 atom stereocenters. The first-order valence-corrected chi connectivity index (χ1v) is 6.28. The van der Waals surface area contributed by atoms with Crippen molar-refractivity contribution in [3.63, 3.8) is 0 Å². The highest BCUT2D eigenvalue weighted by Crippen LogP contribution is 2.51. The Morgan fingerprint density at radius 1 is 0.947 bits per heavy atom. The summed E-state index contributed by atoms with van der Waals surface area (Å²) in [5.41, 5.74) is 4.30. The second kappa shape index (κ2) is 4.12. The van der Waals surface area contributed by atoms with Gasteiger partial charge < -0.3 is 14.7 Å². The summed E-state index contributed by atoms with van der Waals surface area (Å²) in [7, 11) is -1.80. The minimum atomic E-state index is -1.80. The van der Waals surface area contributed by atoms with Gasteiger partial charge in [0.05, 0.1) is 0 Å². The molecule has 0 fully saturated rings. The molecule has 0 radical (unpaired) electrons. The number of hydrogen-bond donors (Lipinski definition) is 2. The first kappa shape index (κ1) is 12.3. The van der Waals surface area contributed by atoms with E-state index in [1.165, 1.54) is 11.1 Å². The van der Waals surface area contributed by atoms with Crippen LogP contribution in [0.25, 0.3) is 11.1 Å². The SMILES string of the molecule is CC1(C)c2ccccc2-c2cccc(OB(O)O)c21. The summed E-state index contributed by atoms with van der Waals surface area (Å²) in [6, 6.07) is 13.9. The average Bonchev–Trinajstić information content (AvgIpc) is 2.60. The van der Waals surface area contributed by atoms with Gasteiger partial charge in [0.25, 0.3) is 0 Å². The number of rotatable bonds is 2. The molecular weight excluding hydrogens is 239 g/mol. The maximum Gasteiger partial charge on any atom is 0.707 e. The Labute approximate surface area is 112 Å². The van der Waals surface area contributed by atoms with Crippen LogP contribution in [-0.4, -0.2) is 17.4 Å². The zero-order valence-electron chi connectivity index (χ0n) is 10.9. The highest BCUT2D eigenvalue weighted by atomic mass is 16.6. The van der Waals surface area contributed by atoms with Crippen LogP contribution in [0.5, 0.6) is 5.75 Å². The predicted octanol–water partition coefficient (Wildman–Crippen LogP) is 2.34. The molecule has 2 aromatic rings. The van der Waals surface area contributed by atoms with Gasteiger partial charge in [0, 0.05) is 11.0 Å². The summed E-state index contributed by atoms with van der Waals surface area (Å²) < 4.78 is 5.13. The molecular formula is C15H15BO3. The van der Waals surface area contributed by atoms with Crippen molar-refractivity contribution in [3.05, 3.63) is 53.6 Å². The molecule has 0 saturated heterocycles. The minimum absolute atomic E-state index is 0.211. The quantitative estimate of drug-likeness (QED) is 0.808. The Hall–Kier alpha value is -1.78. The van der Waals surface area contributed by atoms with E-state index in [1.807, 2.05) is 24.3 Å². The molecule has 2 N–H and O–H groups in total. The zero-order chi connectivity index (χ0) is 13.6. The van der Waals surface area contributed by atoms with Gasteiger partial charge >= 0.3 is 7.32 Å². The zero-order valence-corrected chi connectivity index (χ0v) is 10.9. The lowest BCUT2D eigenvalue weighted by molar-refractivity contribution is 0.286. The van der Waals surface area contributed by atoms with Crippen molar-refractivity contribution in [1.82, 2.24) is 0 Å². The van der Waals surface area contributed by atoms with Crippen molar-refractivity contribution in [1.29, 1.82) is 0 Å². The van der Waals surface area contributed by atoms with Crippen molar-refractivity contribution in [3.8, 4) is 16.9 Å². The summed E-state index contributed by atoms with van der Waals surface area (Å²) in [5.74, 6) is 0.522. The number of hydrogen-bond acceptors (Lipinski definition) is 3. The summed E-state index contributed by atoms with van der Waals surface area (Å²) >= 11 is 0. The molecule has 4 heteroatoms. The van der Waals surface area contributed by atoms with Crippen molar-refractivity contribution in [2.45, 2.75) is 19.3 Å². The Morgan fingerprint density at radius 2 is 1.63 bits per heavy atom. The van der Waals surface area contributed by atoms with E-state index in [-0.39, 0.29) is 5.41 Å². The van der Waals surface area contributed by atoms with Gasteiger partial charge in [0.2, 0.25) is 0 Å². The summed E-state index contributed by atoms with van der Waals surface area (Å²) in [6.07, 6.45) is 0. The predicted molar refractivity (Wildman–Crippen MR) is 74.8 cm³/mol. The summed E-state index contributed by atoms with van der Waals surface area (Å²) in [4.78, 5) is 0. The van der Waals surface area contributed by atoms with Gasteiger partial charge in [-0.15, -0.1) is 0 Å². The van der Waals surface area contributed by atoms with Gasteiger partial charge in [-0.1, -0.05) is 50.2 Å². The lowest BCUT2D eigenvalue weighted by Crippen LogP contribution is -2.24. The molecule has 1 aliphatic rings. The lowest BCUT2D eigenvalue weighted by atomic mass is 9.82. The number of fused-ring (bicyclic) bond motifs is 3. The maximum absolute atomic E-state index is 9.06. The molecule has 0 saturated carbocycles. The summed E-state index contributed by atoms with van der Waals surface area (Å²) in [5, 5.41) is 18.1. The highest BCUT2D eigenvalue weighted by Gasteiger charge is 2.38. The van der Waals surface area contributed by atoms with E-state index in [0.29, 0.717) is 5.75 Å². The van der Waals surface area contributed by atoms with Crippen molar-refractivity contribution in [2.24, 2.45) is 0 Å². The third-order valence-electron chi connectivity index (χ3n) is 3.77. The molecule has 96 valence electrons. The van der Waals surface area contributed by atoms with Crippen LogP contribution in [0.2, 0.25) is 0 Å². The largest absolute Gasteiger partial charge is 0.707 e. The van der Waals surface area contributed by atoms with Gasteiger partial charge in [-0.25, -0.2) is 0 Å². The second-order valence-corrected chi connectivity index (χ2v) is 5.29. The molecule has 0 aliphatic heterocycles. The van der Waals surface area contributed by atoms with E-state index in [4.69, 9.17) is 14.7 Å². The van der Waals surface area contributed by atoms with Crippen LogP contribution in [0.4, 0.5) is 0 Å². The topological polar surface area (TPSA) is 49.7 Å². The van der Waals surface area contributed by atoms with Crippen LogP contribution >= 0.6 is 0 Å². The van der Waals surface area contributed by atoms with Crippen LogP contribution in [0.1, 0.15) is 25.0 Å². The Balaban J connectivity index is 2.26. The van der Waals surface area contributed by atoms with Crippen molar-refractivity contribution >= 4 is 7.32 Å². The fourth-order valence-electron chi connectivity index (χ4n) is 3.01. The second-order valence-electron chi connectivity index (χ2n) is 5.29. The molecule has 19 heavy (non-hydrogen) atoms. The Morgan fingerprint density at radius 3 is 2.37 bits per heavy atom. The maximum atomic E-state index is 9.06. The lowest BCUT2D eigenvalue weighted by Gasteiger charge is -2.24. The minimum Gasteiger partial charge on any atom is -0.512 e. The summed E-state index contributed by atoms with van der Waals surface area (Å²) in [6.45, 7) is 4.24. The first-order chi connectivity index (χ1) is 9.01.